The molecule has 0 nitrogen and oxygen atoms in total. The standard InChI is InChI=1S/C3F7.Ni/c4-1(2(5,6)7)3(8,9)10;. The molecule has 1 radical (unpaired) electrons. The van der Waals surface area contributed by atoms with Gasteiger partial charge in [0.05, 0.1) is 0 Å². The van der Waals surface area contributed by atoms with Crippen LogP contribution in [0.2, 0.25) is 0 Å². The van der Waals surface area contributed by atoms with Crippen molar-refractivity contribution in [1.29, 1.82) is 0 Å². The molecule has 71 valence electrons. The van der Waals surface area contributed by atoms with Crippen molar-refractivity contribution < 1.29 is 47.2 Å². The minimum atomic E-state index is -5.93. The van der Waals surface area contributed by atoms with E-state index in [4.69, 9.17) is 0 Å². The van der Waals surface area contributed by atoms with Crippen molar-refractivity contribution >= 4 is 0 Å². The Bertz CT molecular complexity index is 97.8. The van der Waals surface area contributed by atoms with Gasteiger partial charge >= 0.3 is 18.5 Å². The molecular weight excluding hydrogens is 228 g/mol. The minimum Gasteiger partial charge on any atom is -0.219 e. The maximum Gasteiger partial charge on any atom is 0.435 e. The first kappa shape index (κ1) is 13.6. The Morgan fingerprint density at radius 3 is 0.909 bits per heavy atom. The quantitative estimate of drug-likeness (QED) is 0.441. The fourth-order valence-electron chi connectivity index (χ4n) is 0.161. The molecule has 0 aliphatic rings. The second-order valence-electron chi connectivity index (χ2n) is 1.31. The van der Waals surface area contributed by atoms with E-state index in [9.17, 15) is 30.7 Å². The molecule has 0 amide bonds. The number of hydrogen-bond donors (Lipinski definition) is 0. The van der Waals surface area contributed by atoms with E-state index in [1.807, 2.05) is 0 Å². The Hall–Kier alpha value is 0.00351. The van der Waals surface area contributed by atoms with Crippen LogP contribution in [0.4, 0.5) is 30.7 Å². The molecule has 0 saturated carbocycles. The van der Waals surface area contributed by atoms with E-state index in [0.717, 1.165) is 0 Å². The summed E-state index contributed by atoms with van der Waals surface area (Å²) in [6, 6.07) is 0. The molecule has 0 aromatic heterocycles. The van der Waals surface area contributed by atoms with Gasteiger partial charge in [-0.25, -0.2) is 4.39 Å². The average Bonchev–Trinajstić information content (AvgIpc) is 1.59. The summed E-state index contributed by atoms with van der Waals surface area (Å²) in [6.07, 6.45) is -15.8. The van der Waals surface area contributed by atoms with Crippen molar-refractivity contribution in [2.24, 2.45) is 0 Å². The molecule has 8 heteroatoms. The minimum absolute atomic E-state index is 0. The van der Waals surface area contributed by atoms with Crippen molar-refractivity contribution in [1.82, 2.24) is 0 Å². The van der Waals surface area contributed by atoms with E-state index in [1.165, 1.54) is 0 Å². The fourth-order valence-corrected chi connectivity index (χ4v) is 0.161. The molecule has 11 heavy (non-hydrogen) atoms. The van der Waals surface area contributed by atoms with Crippen molar-refractivity contribution in [3.63, 3.8) is 0 Å². The van der Waals surface area contributed by atoms with Gasteiger partial charge in [0.2, 0.25) is 0 Å². The van der Waals surface area contributed by atoms with Crippen LogP contribution in [-0.4, -0.2) is 12.4 Å². The first-order valence-corrected chi connectivity index (χ1v) is 1.82. The van der Waals surface area contributed by atoms with Gasteiger partial charge in [-0.15, -0.1) is 0 Å². The molecule has 0 aromatic carbocycles. The summed E-state index contributed by atoms with van der Waals surface area (Å²) < 4.78 is 76.0. The van der Waals surface area contributed by atoms with Crippen LogP contribution in [-0.2, 0) is 16.5 Å². The molecular formula is C3F7Ni. The molecule has 0 atom stereocenters. The maximum atomic E-state index is 11.1. The van der Waals surface area contributed by atoms with Gasteiger partial charge in [0, 0.05) is 16.5 Å². The van der Waals surface area contributed by atoms with Gasteiger partial charge in [-0.05, 0) is 0 Å². The van der Waals surface area contributed by atoms with Crippen molar-refractivity contribution in [3.8, 4) is 0 Å². The van der Waals surface area contributed by atoms with Crippen LogP contribution in [0.1, 0.15) is 0 Å². The van der Waals surface area contributed by atoms with Crippen molar-refractivity contribution in [3.05, 3.63) is 6.17 Å². The summed E-state index contributed by atoms with van der Waals surface area (Å²) in [5.74, 6) is 0. The summed E-state index contributed by atoms with van der Waals surface area (Å²) in [4.78, 5) is 0. The summed E-state index contributed by atoms with van der Waals surface area (Å²) >= 11 is 0. The molecule has 0 unspecified atom stereocenters. The average molecular weight is 228 g/mol. The summed E-state index contributed by atoms with van der Waals surface area (Å²) in [6.45, 7) is 0. The third-order valence-electron chi connectivity index (χ3n) is 0.498. The van der Waals surface area contributed by atoms with Gasteiger partial charge in [0.25, 0.3) is 0 Å². The topological polar surface area (TPSA) is 0 Å². The molecule has 0 aromatic rings. The van der Waals surface area contributed by atoms with E-state index in [-0.39, 0.29) is 16.5 Å². The third-order valence-corrected chi connectivity index (χ3v) is 0.498. The first-order valence-electron chi connectivity index (χ1n) is 1.82. The summed E-state index contributed by atoms with van der Waals surface area (Å²) in [5, 5.41) is 0. The van der Waals surface area contributed by atoms with Gasteiger partial charge in [-0.3, -0.25) is 0 Å². The Balaban J connectivity index is 0. The van der Waals surface area contributed by atoms with E-state index in [1.54, 1.807) is 0 Å². The largest absolute Gasteiger partial charge is 0.435 e. The van der Waals surface area contributed by atoms with E-state index < -0.39 is 18.5 Å². The van der Waals surface area contributed by atoms with Crippen LogP contribution in [0.5, 0.6) is 0 Å². The van der Waals surface area contributed by atoms with Gasteiger partial charge in [0.1, 0.15) is 0 Å². The molecule has 0 heterocycles. The number of rotatable bonds is 0. The zero-order valence-corrected chi connectivity index (χ0v) is 5.45. The van der Waals surface area contributed by atoms with Gasteiger partial charge in [0.15, 0.2) is 0 Å². The second-order valence-corrected chi connectivity index (χ2v) is 1.31. The van der Waals surface area contributed by atoms with Crippen LogP contribution >= 0.6 is 0 Å². The zero-order valence-electron chi connectivity index (χ0n) is 4.46. The van der Waals surface area contributed by atoms with E-state index in [0.29, 0.717) is 0 Å². The van der Waals surface area contributed by atoms with Gasteiger partial charge in [-0.2, -0.15) is 26.3 Å². The summed E-state index contributed by atoms with van der Waals surface area (Å²) in [5.41, 5.74) is 0. The van der Waals surface area contributed by atoms with Crippen molar-refractivity contribution in [2.75, 3.05) is 0 Å². The Kier molecular flexibility index (Phi) is 4.45. The van der Waals surface area contributed by atoms with E-state index in [2.05, 4.69) is 0 Å². The molecule has 0 saturated heterocycles. The first-order chi connectivity index (χ1) is 4.15. The number of alkyl halides is 6. The number of hydrogen-bond acceptors (Lipinski definition) is 0. The predicted octanol–water partition coefficient (Wildman–Crippen LogP) is 2.61. The van der Waals surface area contributed by atoms with E-state index >= 15 is 0 Å². The molecule has 0 bridgehead atoms. The molecule has 0 fully saturated rings. The van der Waals surface area contributed by atoms with Crippen molar-refractivity contribution in [2.45, 2.75) is 12.4 Å². The Morgan fingerprint density at radius 2 is 0.909 bits per heavy atom. The van der Waals surface area contributed by atoms with Crippen LogP contribution in [0, 0.1) is 6.17 Å². The normalized spacial score (nSPS) is 13.1. The molecule has 0 rings (SSSR count). The SMILES string of the molecule is F[C](C(F)(F)F)C(F)(F)F.[Ni]. The molecule has 0 N–H and O–H groups in total. The van der Waals surface area contributed by atoms with Crippen LogP contribution in [0.3, 0.4) is 0 Å². The molecule has 0 aliphatic carbocycles. The number of halogens is 7. The summed E-state index contributed by atoms with van der Waals surface area (Å²) in [7, 11) is 0. The Labute approximate surface area is 66.7 Å². The predicted molar refractivity (Wildman–Crippen MR) is 16.5 cm³/mol. The maximum absolute atomic E-state index is 11.1. The molecule has 0 spiro atoms. The Morgan fingerprint density at radius 1 is 0.727 bits per heavy atom. The van der Waals surface area contributed by atoms with Crippen LogP contribution in [0.15, 0.2) is 0 Å². The fraction of sp³-hybridized carbons (Fsp3) is 0.667. The van der Waals surface area contributed by atoms with Gasteiger partial charge < -0.3 is 0 Å². The zero-order chi connectivity index (χ0) is 8.58. The monoisotopic (exact) mass is 227 g/mol. The van der Waals surface area contributed by atoms with Crippen LogP contribution < -0.4 is 0 Å². The third kappa shape index (κ3) is 4.45. The van der Waals surface area contributed by atoms with Gasteiger partial charge in [-0.1, -0.05) is 0 Å². The smallest absolute Gasteiger partial charge is 0.219 e. The van der Waals surface area contributed by atoms with Crippen LogP contribution in [0.25, 0.3) is 0 Å². The molecule has 0 aliphatic heterocycles. The second kappa shape index (κ2) is 3.60.